The number of rotatable bonds is 12. The van der Waals surface area contributed by atoms with Crippen LogP contribution in [0.5, 0.6) is 11.5 Å². The Morgan fingerprint density at radius 3 is 1.84 bits per heavy atom. The minimum atomic E-state index is -1.36. The number of esters is 1. The van der Waals surface area contributed by atoms with Crippen LogP contribution in [-0.4, -0.2) is 44.5 Å². The molecule has 5 rings (SSSR count). The zero-order valence-electron chi connectivity index (χ0n) is 33.1. The maximum Gasteiger partial charge on any atom is 0.414 e. The first-order valence-corrected chi connectivity index (χ1v) is 18.4. The molecule has 2 aliphatic rings. The summed E-state index contributed by atoms with van der Waals surface area (Å²) in [4.78, 5) is 43.9. The Labute approximate surface area is 324 Å². The molecule has 9 heteroatoms. The van der Waals surface area contributed by atoms with Gasteiger partial charge in [-0.25, -0.2) is 14.4 Å². The van der Waals surface area contributed by atoms with Crippen molar-refractivity contribution in [2.45, 2.75) is 61.0 Å². The van der Waals surface area contributed by atoms with Crippen LogP contribution >= 0.6 is 0 Å². The quantitative estimate of drug-likeness (QED) is 0.104. The maximum atomic E-state index is 13.6. The lowest BCUT2D eigenvalue weighted by atomic mass is 9.76. The summed E-state index contributed by atoms with van der Waals surface area (Å²) in [6.07, 6.45) is 10.0. The van der Waals surface area contributed by atoms with Gasteiger partial charge in [-0.3, -0.25) is 9.80 Å². The molecule has 0 aromatic heterocycles. The van der Waals surface area contributed by atoms with E-state index < -0.39 is 23.8 Å². The minimum Gasteiger partial charge on any atom is -0.456 e. The van der Waals surface area contributed by atoms with Gasteiger partial charge in [-0.1, -0.05) is 79.0 Å². The van der Waals surface area contributed by atoms with Gasteiger partial charge < -0.3 is 18.9 Å². The molecule has 3 aromatic carbocycles. The number of anilines is 2. The highest BCUT2D eigenvalue weighted by molar-refractivity contribution is 5.98. The van der Waals surface area contributed by atoms with Crippen molar-refractivity contribution in [3.63, 3.8) is 0 Å². The molecule has 0 bridgehead atoms. The van der Waals surface area contributed by atoms with Gasteiger partial charge >= 0.3 is 18.2 Å². The van der Waals surface area contributed by atoms with Crippen LogP contribution in [0, 0.1) is 13.8 Å². The van der Waals surface area contributed by atoms with Gasteiger partial charge in [0.2, 0.25) is 0 Å². The van der Waals surface area contributed by atoms with Gasteiger partial charge in [0.15, 0.2) is 5.60 Å². The molecule has 1 atom stereocenters. The van der Waals surface area contributed by atoms with Crippen LogP contribution in [0.4, 0.5) is 21.0 Å². The number of ether oxygens (including phenoxy) is 4. The Kier molecular flexibility index (Phi) is 12.3. The Bertz CT molecular complexity index is 2170. The molecular weight excluding hydrogens is 693 g/mol. The third-order valence-electron chi connectivity index (χ3n) is 9.57. The highest BCUT2D eigenvalue weighted by Gasteiger charge is 2.54. The molecule has 1 unspecified atom stereocenters. The third kappa shape index (κ3) is 8.06. The number of benzene rings is 3. The summed E-state index contributed by atoms with van der Waals surface area (Å²) in [6, 6.07) is 14.7. The van der Waals surface area contributed by atoms with E-state index in [9.17, 15) is 14.4 Å². The maximum absolute atomic E-state index is 13.6. The zero-order chi connectivity index (χ0) is 40.0. The monoisotopic (exact) mass is 742 g/mol. The van der Waals surface area contributed by atoms with Crippen LogP contribution in [0.15, 0.2) is 120 Å². The first-order valence-electron chi connectivity index (χ1n) is 18.4. The Morgan fingerprint density at radius 1 is 0.800 bits per heavy atom. The van der Waals surface area contributed by atoms with Crippen molar-refractivity contribution in [2.24, 2.45) is 0 Å². The molecule has 286 valence electrons. The van der Waals surface area contributed by atoms with Crippen molar-refractivity contribution in [3.05, 3.63) is 154 Å². The largest absolute Gasteiger partial charge is 0.456 e. The summed E-state index contributed by atoms with van der Waals surface area (Å²) in [5.74, 6) is 0.319. The minimum absolute atomic E-state index is 0.0477. The third-order valence-corrected chi connectivity index (χ3v) is 9.57. The fourth-order valence-corrected chi connectivity index (χ4v) is 6.70. The topological polar surface area (TPSA) is 94.6 Å². The predicted octanol–water partition coefficient (Wildman–Crippen LogP) is 11.0. The van der Waals surface area contributed by atoms with E-state index in [1.807, 2.05) is 110 Å². The van der Waals surface area contributed by atoms with Gasteiger partial charge in [0.25, 0.3) is 0 Å². The highest BCUT2D eigenvalue weighted by atomic mass is 16.6. The molecule has 0 saturated heterocycles. The molecule has 0 radical (unpaired) electrons. The van der Waals surface area contributed by atoms with E-state index in [-0.39, 0.29) is 13.2 Å². The van der Waals surface area contributed by atoms with Crippen molar-refractivity contribution < 1.29 is 33.3 Å². The molecule has 2 aliphatic heterocycles. The molecule has 0 saturated carbocycles. The summed E-state index contributed by atoms with van der Waals surface area (Å²) in [5.41, 5.74) is 7.22. The van der Waals surface area contributed by atoms with Gasteiger partial charge in [0, 0.05) is 41.9 Å². The van der Waals surface area contributed by atoms with Crippen LogP contribution < -0.4 is 14.5 Å². The van der Waals surface area contributed by atoms with Gasteiger partial charge in [-0.15, -0.1) is 0 Å². The number of aryl methyl sites for hydroxylation is 2. The van der Waals surface area contributed by atoms with Crippen LogP contribution in [0.25, 0.3) is 0 Å². The second kappa shape index (κ2) is 16.9. The van der Waals surface area contributed by atoms with Crippen molar-refractivity contribution in [2.75, 3.05) is 36.1 Å². The summed E-state index contributed by atoms with van der Waals surface area (Å²) < 4.78 is 24.6. The normalized spacial score (nSPS) is 15.7. The molecule has 2 heterocycles. The average Bonchev–Trinajstić information content (AvgIpc) is 3.45. The molecule has 1 spiro atoms. The average molecular weight is 743 g/mol. The summed E-state index contributed by atoms with van der Waals surface area (Å²) >= 11 is 0. The van der Waals surface area contributed by atoms with E-state index in [4.69, 9.17) is 18.9 Å². The molecule has 55 heavy (non-hydrogen) atoms. The van der Waals surface area contributed by atoms with Crippen molar-refractivity contribution in [3.8, 4) is 11.5 Å². The molecule has 0 N–H and O–H groups in total. The zero-order valence-corrected chi connectivity index (χ0v) is 33.1. The standard InChI is InChI=1S/C46H50N2O7/c1-11-33(21-19-29(5)6)27-52-44(50)47(13-3)39-25-41-37(23-31(39)9)46(36-18-16-15-17-35(36)43(49)55-46)38-24-32(10)40(26-42(38)54-41)48(14-4)45(51)53-28-34(12-2)22-20-30(7)8/h11-12,15-26H,1,7,13-14,27-28H2,2-6,8-10H3/b22-20-,33-21+,34-12+. The number of nitrogens with zero attached hydrogens (tertiary/aromatic N) is 2. The molecule has 3 aromatic rings. The van der Waals surface area contributed by atoms with E-state index in [2.05, 4.69) is 13.2 Å². The smallest absolute Gasteiger partial charge is 0.414 e. The lowest BCUT2D eigenvalue weighted by Crippen LogP contribution is -2.36. The lowest BCUT2D eigenvalue weighted by molar-refractivity contribution is 0.0224. The van der Waals surface area contributed by atoms with Crippen molar-refractivity contribution in [1.29, 1.82) is 0 Å². The second-order valence-electron chi connectivity index (χ2n) is 13.8. The summed E-state index contributed by atoms with van der Waals surface area (Å²) in [6.45, 7) is 23.8. The number of amides is 2. The van der Waals surface area contributed by atoms with Gasteiger partial charge in [-0.2, -0.15) is 0 Å². The van der Waals surface area contributed by atoms with Crippen molar-refractivity contribution in [1.82, 2.24) is 0 Å². The number of fused-ring (bicyclic) bond motifs is 6. The number of hydrogen-bond donors (Lipinski definition) is 0. The van der Waals surface area contributed by atoms with Gasteiger partial charge in [-0.05, 0) is 95.9 Å². The fraction of sp³-hybridized carbons (Fsp3) is 0.283. The molecule has 2 amide bonds. The van der Waals surface area contributed by atoms with Gasteiger partial charge in [0.1, 0.15) is 24.7 Å². The lowest BCUT2D eigenvalue weighted by Gasteiger charge is -2.38. The first-order chi connectivity index (χ1) is 26.3. The molecule has 0 aliphatic carbocycles. The predicted molar refractivity (Wildman–Crippen MR) is 218 cm³/mol. The Hall–Kier alpha value is -6.09. The van der Waals surface area contributed by atoms with Crippen LogP contribution in [0.1, 0.15) is 79.7 Å². The highest BCUT2D eigenvalue weighted by Crippen LogP contribution is 2.58. The number of carbonyl (C=O) groups is 3. The van der Waals surface area contributed by atoms with Crippen molar-refractivity contribution >= 4 is 29.5 Å². The fourth-order valence-electron chi connectivity index (χ4n) is 6.70. The number of allylic oxidation sites excluding steroid dienone is 6. The van der Waals surface area contributed by atoms with Gasteiger partial charge in [0.05, 0.1) is 16.9 Å². The summed E-state index contributed by atoms with van der Waals surface area (Å²) in [7, 11) is 0. The van der Waals surface area contributed by atoms with E-state index in [0.29, 0.717) is 58.2 Å². The summed E-state index contributed by atoms with van der Waals surface area (Å²) in [5, 5.41) is 0. The van der Waals surface area contributed by atoms with E-state index >= 15 is 0 Å². The van der Waals surface area contributed by atoms with E-state index in [0.717, 1.165) is 33.4 Å². The Balaban J connectivity index is 1.58. The number of carbonyl (C=O) groups excluding carboxylic acids is 3. The molecule has 9 nitrogen and oxygen atoms in total. The van der Waals surface area contributed by atoms with E-state index in [1.54, 1.807) is 35.2 Å². The molecule has 0 fully saturated rings. The van der Waals surface area contributed by atoms with Crippen LogP contribution in [0.3, 0.4) is 0 Å². The molecular formula is C46H50N2O7. The first kappa shape index (κ1) is 40.1. The SMILES string of the molecule is C=C/C(=C\C=C(C)C)COC(=O)N(CC)c1cc2c(cc1C)C1(OC(=O)c3ccccc31)c1cc(C)c(N(CC)C(=O)OCC(/C=C\C(=C)C)=C/C)cc1O2. The van der Waals surface area contributed by atoms with E-state index in [1.165, 1.54) is 4.90 Å². The number of hydrogen-bond acceptors (Lipinski definition) is 7. The second-order valence-corrected chi connectivity index (χ2v) is 13.8. The van der Waals surface area contributed by atoms with Crippen LogP contribution in [0.2, 0.25) is 0 Å². The van der Waals surface area contributed by atoms with Crippen LogP contribution in [-0.2, 0) is 19.8 Å². The Morgan fingerprint density at radius 2 is 1.35 bits per heavy atom.